The summed E-state index contributed by atoms with van der Waals surface area (Å²) in [7, 11) is 0. The van der Waals surface area contributed by atoms with Gasteiger partial charge in [0.05, 0.1) is 0 Å². The third-order valence-electron chi connectivity index (χ3n) is 2.30. The second-order valence-corrected chi connectivity index (χ2v) is 3.70. The second-order valence-electron chi connectivity index (χ2n) is 3.70. The summed E-state index contributed by atoms with van der Waals surface area (Å²) in [5.74, 6) is -0.493. The highest BCUT2D eigenvalue weighted by Crippen LogP contribution is 2.09. The smallest absolute Gasteiger partial charge is 0.254 e. The van der Waals surface area contributed by atoms with Gasteiger partial charge in [0.2, 0.25) is 0 Å². The first-order valence-electron chi connectivity index (χ1n) is 5.12. The Morgan fingerprint density at radius 2 is 2.06 bits per heavy atom. The predicted octanol–water partition coefficient (Wildman–Crippen LogP) is 1.87. The van der Waals surface area contributed by atoms with Crippen LogP contribution in [0.15, 0.2) is 24.3 Å². The minimum atomic E-state index is -0.374. The van der Waals surface area contributed by atoms with Crippen LogP contribution >= 0.6 is 0 Å². The van der Waals surface area contributed by atoms with E-state index in [0.29, 0.717) is 12.1 Å². The highest BCUT2D eigenvalue weighted by Gasteiger charge is 2.16. The highest BCUT2D eigenvalue weighted by molar-refractivity contribution is 5.94. The molecule has 16 heavy (non-hydrogen) atoms. The van der Waals surface area contributed by atoms with E-state index in [1.165, 1.54) is 12.1 Å². The van der Waals surface area contributed by atoms with Crippen molar-refractivity contribution in [3.8, 4) is 0 Å². The average Bonchev–Trinajstić information content (AvgIpc) is 2.18. The molecule has 1 aromatic carbocycles. The van der Waals surface area contributed by atoms with Crippen LogP contribution in [0.25, 0.3) is 0 Å². The Morgan fingerprint density at radius 3 is 2.50 bits per heavy atom. The summed E-state index contributed by atoms with van der Waals surface area (Å²) in [5, 5.41) is 0. The zero-order chi connectivity index (χ0) is 11.4. The van der Waals surface area contributed by atoms with Crippen molar-refractivity contribution < 1.29 is 14.7 Å². The number of carbonyl (C=O) groups excluding carboxylic acids is 1. The van der Waals surface area contributed by atoms with Crippen LogP contribution in [0.4, 0.5) is 4.39 Å². The van der Waals surface area contributed by atoms with Crippen molar-refractivity contribution in [1.82, 2.24) is 4.90 Å². The van der Waals surface area contributed by atoms with Gasteiger partial charge in [-0.1, -0.05) is 6.07 Å². The summed E-state index contributed by atoms with van der Waals surface area (Å²) < 4.78 is 12.9. The van der Waals surface area contributed by atoms with Crippen LogP contribution < -0.4 is 0 Å². The minimum Gasteiger partial charge on any atom is -0.412 e. The van der Waals surface area contributed by atoms with Gasteiger partial charge in [-0.2, -0.15) is 0 Å². The Kier molecular flexibility index (Phi) is 5.67. The summed E-state index contributed by atoms with van der Waals surface area (Å²) in [6.45, 7) is 6.44. The van der Waals surface area contributed by atoms with E-state index < -0.39 is 0 Å². The molecular weight excluding hydrogens is 209 g/mol. The molecule has 1 aromatic rings. The number of carbonyl (C=O) groups is 1. The lowest BCUT2D eigenvalue weighted by atomic mass is 10.1. The van der Waals surface area contributed by atoms with Crippen LogP contribution in [0.2, 0.25) is 0 Å². The van der Waals surface area contributed by atoms with E-state index in [0.717, 1.165) is 0 Å². The van der Waals surface area contributed by atoms with Crippen molar-refractivity contribution in [3.63, 3.8) is 0 Å². The summed E-state index contributed by atoms with van der Waals surface area (Å²) in [6, 6.07) is 5.92. The van der Waals surface area contributed by atoms with Crippen molar-refractivity contribution in [2.75, 3.05) is 6.54 Å². The third kappa shape index (κ3) is 3.31. The number of rotatable bonds is 3. The molecule has 0 saturated carbocycles. The first kappa shape index (κ1) is 14.6. The van der Waals surface area contributed by atoms with Gasteiger partial charge in [-0.15, -0.1) is 0 Å². The molecule has 2 N–H and O–H groups in total. The van der Waals surface area contributed by atoms with E-state index in [2.05, 4.69) is 0 Å². The first-order valence-corrected chi connectivity index (χ1v) is 5.12. The Bertz CT molecular complexity index is 353. The van der Waals surface area contributed by atoms with Crippen molar-refractivity contribution in [3.05, 3.63) is 35.6 Å². The normalized spacial score (nSPS) is 9.81. The quantitative estimate of drug-likeness (QED) is 0.777. The van der Waals surface area contributed by atoms with E-state index in [9.17, 15) is 9.18 Å². The van der Waals surface area contributed by atoms with E-state index in [1.807, 2.05) is 20.8 Å². The Labute approximate surface area is 95.2 Å². The molecule has 1 rings (SSSR count). The van der Waals surface area contributed by atoms with Gasteiger partial charge in [-0.05, 0) is 39.0 Å². The van der Waals surface area contributed by atoms with Gasteiger partial charge in [0.1, 0.15) is 5.82 Å². The number of hydrogen-bond acceptors (Lipinski definition) is 1. The van der Waals surface area contributed by atoms with Crippen molar-refractivity contribution >= 4 is 5.91 Å². The molecule has 0 atom stereocenters. The minimum absolute atomic E-state index is 0. The molecule has 0 saturated heterocycles. The fourth-order valence-electron chi connectivity index (χ4n) is 1.53. The molecule has 0 radical (unpaired) electrons. The molecule has 0 bridgehead atoms. The molecule has 0 aliphatic carbocycles. The lowest BCUT2D eigenvalue weighted by Crippen LogP contribution is -2.36. The largest absolute Gasteiger partial charge is 0.412 e. The number of benzene rings is 1. The van der Waals surface area contributed by atoms with Gasteiger partial charge in [0.25, 0.3) is 5.91 Å². The lowest BCUT2D eigenvalue weighted by molar-refractivity contribution is 0.0716. The Balaban J connectivity index is 0.00000225. The SMILES string of the molecule is CCN(C(=O)c1cccc(F)c1)C(C)C.O. The maximum atomic E-state index is 12.9. The van der Waals surface area contributed by atoms with Gasteiger partial charge < -0.3 is 10.4 Å². The summed E-state index contributed by atoms with van der Waals surface area (Å²) in [6.07, 6.45) is 0. The molecule has 90 valence electrons. The molecule has 0 aromatic heterocycles. The summed E-state index contributed by atoms with van der Waals surface area (Å²) in [4.78, 5) is 13.6. The number of amides is 1. The summed E-state index contributed by atoms with van der Waals surface area (Å²) in [5.41, 5.74) is 0.408. The fourth-order valence-corrected chi connectivity index (χ4v) is 1.53. The topological polar surface area (TPSA) is 51.8 Å². The molecule has 0 heterocycles. The van der Waals surface area contributed by atoms with Gasteiger partial charge in [-0.3, -0.25) is 4.79 Å². The monoisotopic (exact) mass is 227 g/mol. The fraction of sp³-hybridized carbons (Fsp3) is 0.417. The van der Waals surface area contributed by atoms with Crippen LogP contribution in [0.1, 0.15) is 31.1 Å². The first-order chi connectivity index (χ1) is 7.06. The zero-order valence-electron chi connectivity index (χ0n) is 9.83. The maximum Gasteiger partial charge on any atom is 0.254 e. The molecule has 0 spiro atoms. The van der Waals surface area contributed by atoms with E-state index >= 15 is 0 Å². The van der Waals surface area contributed by atoms with Crippen LogP contribution in [0.5, 0.6) is 0 Å². The zero-order valence-corrected chi connectivity index (χ0v) is 9.83. The highest BCUT2D eigenvalue weighted by atomic mass is 19.1. The number of hydrogen-bond donors (Lipinski definition) is 0. The molecule has 1 amide bonds. The Hall–Kier alpha value is -1.42. The molecule has 3 nitrogen and oxygen atoms in total. The average molecular weight is 227 g/mol. The van der Waals surface area contributed by atoms with Crippen LogP contribution in [-0.4, -0.2) is 28.9 Å². The molecule has 4 heteroatoms. The third-order valence-corrected chi connectivity index (χ3v) is 2.30. The van der Waals surface area contributed by atoms with E-state index in [1.54, 1.807) is 17.0 Å². The van der Waals surface area contributed by atoms with Gasteiger partial charge in [0, 0.05) is 18.2 Å². The predicted molar refractivity (Wildman–Crippen MR) is 61.9 cm³/mol. The molecule has 0 unspecified atom stereocenters. The van der Waals surface area contributed by atoms with Crippen LogP contribution in [-0.2, 0) is 0 Å². The van der Waals surface area contributed by atoms with Crippen molar-refractivity contribution in [1.29, 1.82) is 0 Å². The van der Waals surface area contributed by atoms with Gasteiger partial charge in [0.15, 0.2) is 0 Å². The standard InChI is InChI=1S/C12H16FNO.H2O/c1-4-14(9(2)3)12(15)10-6-5-7-11(13)8-10;/h5-9H,4H2,1-3H3;1H2. The summed E-state index contributed by atoms with van der Waals surface area (Å²) >= 11 is 0. The Morgan fingerprint density at radius 1 is 1.44 bits per heavy atom. The number of nitrogens with zero attached hydrogens (tertiary/aromatic N) is 1. The van der Waals surface area contributed by atoms with Crippen molar-refractivity contribution in [2.24, 2.45) is 0 Å². The molecular formula is C12H18FNO2. The molecule has 0 fully saturated rings. The van der Waals surface area contributed by atoms with Crippen molar-refractivity contribution in [2.45, 2.75) is 26.8 Å². The second kappa shape index (κ2) is 6.23. The number of halogens is 1. The van der Waals surface area contributed by atoms with Crippen LogP contribution in [0, 0.1) is 5.82 Å². The van der Waals surface area contributed by atoms with Gasteiger partial charge >= 0.3 is 0 Å². The molecule has 0 aliphatic rings. The van der Waals surface area contributed by atoms with E-state index in [-0.39, 0.29) is 23.2 Å². The molecule has 0 aliphatic heterocycles. The van der Waals surface area contributed by atoms with E-state index in [4.69, 9.17) is 0 Å². The van der Waals surface area contributed by atoms with Crippen LogP contribution in [0.3, 0.4) is 0 Å². The lowest BCUT2D eigenvalue weighted by Gasteiger charge is -2.25. The maximum absolute atomic E-state index is 12.9. The van der Waals surface area contributed by atoms with Gasteiger partial charge in [-0.25, -0.2) is 4.39 Å².